The smallest absolute Gasteiger partial charge is 0.309 e. The van der Waals surface area contributed by atoms with Gasteiger partial charge in [-0.05, 0) is 84.0 Å². The van der Waals surface area contributed by atoms with E-state index in [1.807, 2.05) is 18.2 Å². The number of aliphatic hydroxyl groups is 4. The fourth-order valence-corrected chi connectivity index (χ4v) is 7.22. The summed E-state index contributed by atoms with van der Waals surface area (Å²) in [6.45, 7) is 4.47. The first-order valence-electron chi connectivity index (χ1n) is 19.1. The minimum Gasteiger partial charge on any atom is -0.493 e. The van der Waals surface area contributed by atoms with Gasteiger partial charge in [0.25, 0.3) is 0 Å². The highest BCUT2D eigenvalue weighted by molar-refractivity contribution is 5.75. The van der Waals surface area contributed by atoms with Crippen LogP contribution in [0.25, 0.3) is 0 Å². The molecule has 0 bridgehead atoms. The first-order chi connectivity index (χ1) is 27.0. The molecule has 0 radical (unpaired) electrons. The largest absolute Gasteiger partial charge is 0.493 e. The van der Waals surface area contributed by atoms with Crippen molar-refractivity contribution in [3.05, 3.63) is 119 Å². The van der Waals surface area contributed by atoms with Crippen LogP contribution in [0.3, 0.4) is 0 Å². The van der Waals surface area contributed by atoms with Gasteiger partial charge in [0, 0.05) is 5.92 Å². The number of cyclic esters (lactones) is 1. The summed E-state index contributed by atoms with van der Waals surface area (Å²) in [4.78, 5) is 12.6. The number of rotatable bonds is 15. The van der Waals surface area contributed by atoms with Crippen LogP contribution >= 0.6 is 0 Å². The second kappa shape index (κ2) is 20.5. The van der Waals surface area contributed by atoms with Crippen molar-refractivity contribution < 1.29 is 53.6 Å². The lowest BCUT2D eigenvalue weighted by molar-refractivity contribution is -0.277. The van der Waals surface area contributed by atoms with Gasteiger partial charge in [0.1, 0.15) is 24.4 Å². The van der Waals surface area contributed by atoms with Crippen LogP contribution in [-0.4, -0.2) is 91.6 Å². The monoisotopic (exact) mass is 772 g/mol. The number of esters is 1. The number of hydrogen-bond acceptors (Lipinski definition) is 11. The van der Waals surface area contributed by atoms with Crippen molar-refractivity contribution in [2.75, 3.05) is 34.5 Å². The molecule has 4 aromatic carbocycles. The maximum Gasteiger partial charge on any atom is 0.309 e. The van der Waals surface area contributed by atoms with Gasteiger partial charge >= 0.3 is 5.97 Å². The summed E-state index contributed by atoms with van der Waals surface area (Å²) >= 11 is 0. The van der Waals surface area contributed by atoms with Gasteiger partial charge in [-0.25, -0.2) is 0 Å². The van der Waals surface area contributed by atoms with E-state index in [4.69, 9.17) is 28.4 Å². The van der Waals surface area contributed by atoms with E-state index in [1.54, 1.807) is 32.4 Å². The van der Waals surface area contributed by atoms with E-state index in [-0.39, 0.29) is 23.6 Å². The molecule has 0 aromatic heterocycles. The molecule has 0 spiro atoms. The summed E-state index contributed by atoms with van der Waals surface area (Å²) in [7, 11) is 4.60. The van der Waals surface area contributed by atoms with E-state index >= 15 is 0 Å². The Morgan fingerprint density at radius 2 is 1.16 bits per heavy atom. The molecule has 2 unspecified atom stereocenters. The van der Waals surface area contributed by atoms with Crippen molar-refractivity contribution in [1.82, 2.24) is 0 Å². The van der Waals surface area contributed by atoms with Crippen LogP contribution in [-0.2, 0) is 40.0 Å². The highest BCUT2D eigenvalue weighted by atomic mass is 16.7. The summed E-state index contributed by atoms with van der Waals surface area (Å²) in [5.74, 6) is 2.54. The second-order valence-electron chi connectivity index (χ2n) is 14.7. The summed E-state index contributed by atoms with van der Waals surface area (Å²) < 4.78 is 32.7. The normalized spacial score (nSPS) is 24.2. The van der Waals surface area contributed by atoms with Crippen molar-refractivity contribution in [3.63, 3.8) is 0 Å². The number of methoxy groups -OCH3 is 3. The highest BCUT2D eigenvalue weighted by Crippen LogP contribution is 2.36. The van der Waals surface area contributed by atoms with Crippen LogP contribution in [0.15, 0.2) is 97.1 Å². The number of aliphatic hydroxyl groups excluding tert-OH is 4. The Morgan fingerprint density at radius 3 is 1.70 bits per heavy atom. The maximum absolute atomic E-state index is 12.6. The average Bonchev–Trinajstić information content (AvgIpc) is 3.56. The Morgan fingerprint density at radius 1 is 0.643 bits per heavy atom. The third-order valence-electron chi connectivity index (χ3n) is 10.8. The van der Waals surface area contributed by atoms with Crippen LogP contribution in [0, 0.1) is 23.7 Å². The van der Waals surface area contributed by atoms with Crippen molar-refractivity contribution in [3.8, 4) is 23.0 Å². The van der Waals surface area contributed by atoms with Gasteiger partial charge in [-0.1, -0.05) is 86.6 Å². The maximum atomic E-state index is 12.6. The Balaban J connectivity index is 0.000000278. The molecule has 2 aliphatic heterocycles. The van der Waals surface area contributed by atoms with Gasteiger partial charge < -0.3 is 48.8 Å². The molecule has 4 N–H and O–H groups in total. The number of benzene rings is 4. The van der Waals surface area contributed by atoms with Crippen LogP contribution in [0.1, 0.15) is 36.1 Å². The molecule has 0 aliphatic carbocycles. The Kier molecular flexibility index (Phi) is 15.6. The van der Waals surface area contributed by atoms with Gasteiger partial charge in [-0.3, -0.25) is 4.79 Å². The van der Waals surface area contributed by atoms with Gasteiger partial charge in [-0.15, -0.1) is 0 Å². The van der Waals surface area contributed by atoms with Gasteiger partial charge in [0.2, 0.25) is 6.29 Å². The topological polar surface area (TPSA) is 153 Å². The number of hydrogen-bond donors (Lipinski definition) is 4. The molecule has 0 saturated carbocycles. The molecule has 11 nitrogen and oxygen atoms in total. The average molecular weight is 773 g/mol. The Labute approximate surface area is 329 Å². The van der Waals surface area contributed by atoms with Gasteiger partial charge in [0.15, 0.2) is 23.0 Å². The van der Waals surface area contributed by atoms with Gasteiger partial charge in [0.05, 0.1) is 40.5 Å². The molecule has 9 atom stereocenters. The summed E-state index contributed by atoms with van der Waals surface area (Å²) in [5.41, 5.74) is 4.70. The minimum absolute atomic E-state index is 0.0448. The molecule has 11 heteroatoms. The molecule has 6 rings (SSSR count). The third kappa shape index (κ3) is 11.0. The lowest BCUT2D eigenvalue weighted by atomic mass is 9.85. The van der Waals surface area contributed by atoms with E-state index in [0.29, 0.717) is 48.5 Å². The van der Waals surface area contributed by atoms with Crippen LogP contribution in [0.4, 0.5) is 0 Å². The van der Waals surface area contributed by atoms with E-state index < -0.39 is 37.3 Å². The first-order valence-corrected chi connectivity index (χ1v) is 19.1. The molecule has 4 aromatic rings. The fourth-order valence-electron chi connectivity index (χ4n) is 7.22. The minimum atomic E-state index is -1.56. The molecular weight excluding hydrogens is 716 g/mol. The second-order valence-corrected chi connectivity index (χ2v) is 14.7. The van der Waals surface area contributed by atoms with Crippen LogP contribution in [0.5, 0.6) is 23.0 Å². The van der Waals surface area contributed by atoms with Gasteiger partial charge in [-0.2, -0.15) is 0 Å². The molecule has 2 aliphatic rings. The summed E-state index contributed by atoms with van der Waals surface area (Å²) in [5, 5.41) is 39.7. The molecule has 2 fully saturated rings. The summed E-state index contributed by atoms with van der Waals surface area (Å²) in [6, 6.07) is 32.4. The standard InChI is InChI=1S/C27H34O11.C18H22/c1-33-18-6-4-14(10-20(18)34-2)8-16-13-36-26(32)17(16)9-15-5-7-19(21(11-15)35-3)37-27-25(31)24(30)23(29)22(12-28)38-27;1-15(13-17-9-5-3-6-10-17)16(2)14-18-11-7-4-8-12-18/h4-7,10-11,16-17,22-25,27-31H,8-9,12-13H2,1-3H3;3-12,15-16H,13-14H2,1-2H3/t16-,17+,22+,23+,24-,25+,27+;/m0./s1. The zero-order valence-electron chi connectivity index (χ0n) is 32.8. The van der Waals surface area contributed by atoms with Crippen LogP contribution in [0.2, 0.25) is 0 Å². The Bertz CT molecular complexity index is 1760. The van der Waals surface area contributed by atoms with E-state index in [1.165, 1.54) is 31.1 Å². The number of carbonyl (C=O) groups excluding carboxylic acids is 1. The van der Waals surface area contributed by atoms with E-state index in [0.717, 1.165) is 11.1 Å². The molecule has 0 amide bonds. The van der Waals surface area contributed by atoms with E-state index in [9.17, 15) is 25.2 Å². The van der Waals surface area contributed by atoms with Crippen molar-refractivity contribution in [2.45, 2.75) is 70.2 Å². The lowest BCUT2D eigenvalue weighted by Gasteiger charge is -2.39. The van der Waals surface area contributed by atoms with E-state index in [2.05, 4.69) is 74.5 Å². The van der Waals surface area contributed by atoms with Crippen molar-refractivity contribution in [1.29, 1.82) is 0 Å². The lowest BCUT2D eigenvalue weighted by Crippen LogP contribution is -2.60. The van der Waals surface area contributed by atoms with Crippen molar-refractivity contribution >= 4 is 5.97 Å². The summed E-state index contributed by atoms with van der Waals surface area (Å²) in [6.07, 6.45) is -3.67. The predicted octanol–water partition coefficient (Wildman–Crippen LogP) is 5.21. The SMILES string of the molecule is CC(Cc1ccccc1)C(C)Cc1ccccc1.COc1ccc(C[C@H]2COC(=O)[C@@H]2Cc2ccc(O[C@@H]3O[C@H](CO)[C@@H](O)[C@H](O)[C@H]3O)c(OC)c2)cc1OC. The third-order valence-corrected chi connectivity index (χ3v) is 10.8. The quantitative estimate of drug-likeness (QED) is 0.118. The predicted molar refractivity (Wildman–Crippen MR) is 211 cm³/mol. The van der Waals surface area contributed by atoms with Crippen LogP contribution < -0.4 is 18.9 Å². The number of carbonyl (C=O) groups is 1. The first kappa shape index (κ1) is 42.5. The molecule has 56 heavy (non-hydrogen) atoms. The highest BCUT2D eigenvalue weighted by Gasteiger charge is 2.45. The molecule has 2 heterocycles. The Hall–Kier alpha value is -4.65. The molecular formula is C45H56O11. The molecule has 2 saturated heterocycles. The fraction of sp³-hybridized carbons (Fsp3) is 0.444. The molecule has 302 valence electrons. The van der Waals surface area contributed by atoms with Crippen molar-refractivity contribution in [2.24, 2.45) is 23.7 Å². The number of ether oxygens (including phenoxy) is 6. The zero-order chi connectivity index (χ0) is 40.2. The zero-order valence-corrected chi connectivity index (χ0v) is 32.8.